The molecule has 18 heavy (non-hydrogen) atoms. The van der Waals surface area contributed by atoms with Crippen LogP contribution >= 0.6 is 29.3 Å². The average molecular weight is 302 g/mol. The smallest absolute Gasteiger partial charge is 0.319 e. The molecule has 2 N–H and O–H groups in total. The van der Waals surface area contributed by atoms with Crippen LogP contribution in [0.3, 0.4) is 0 Å². The van der Waals surface area contributed by atoms with Gasteiger partial charge in [0.1, 0.15) is 0 Å². The Labute approximate surface area is 116 Å². The van der Waals surface area contributed by atoms with Crippen molar-refractivity contribution in [2.45, 2.75) is 0 Å². The largest absolute Gasteiger partial charge is 0.337 e. The van der Waals surface area contributed by atoms with Gasteiger partial charge in [0.25, 0.3) is 0 Å². The highest BCUT2D eigenvalue weighted by molar-refractivity contribution is 8.88. The van der Waals surface area contributed by atoms with Crippen LogP contribution < -0.4 is 10.6 Å². The van der Waals surface area contributed by atoms with Crippen molar-refractivity contribution in [3.8, 4) is 0 Å². The second-order valence-corrected chi connectivity index (χ2v) is 9.74. The van der Waals surface area contributed by atoms with Crippen molar-refractivity contribution in [1.29, 1.82) is 0 Å². The van der Waals surface area contributed by atoms with Crippen LogP contribution in [0.1, 0.15) is 0 Å². The maximum absolute atomic E-state index is 11.5. The molecule has 0 atom stereocenters. The maximum atomic E-state index is 11.5. The summed E-state index contributed by atoms with van der Waals surface area (Å²) in [6.07, 6.45) is 0. The van der Waals surface area contributed by atoms with E-state index in [4.69, 9.17) is 4.52 Å². The lowest BCUT2D eigenvalue weighted by molar-refractivity contribution is 0.249. The van der Waals surface area contributed by atoms with Crippen LogP contribution in [-0.4, -0.2) is 30.7 Å². The van der Waals surface area contributed by atoms with Gasteiger partial charge in [0.15, 0.2) is 6.55 Å². The number of anilines is 1. The van der Waals surface area contributed by atoms with Crippen LogP contribution in [0.25, 0.3) is 0 Å². The zero-order valence-corrected chi connectivity index (χ0v) is 12.3. The lowest BCUT2D eigenvalue weighted by Crippen LogP contribution is -2.31. The van der Waals surface area contributed by atoms with E-state index in [1.54, 1.807) is 0 Å². The van der Waals surface area contributed by atoms with Crippen molar-refractivity contribution in [2.75, 3.05) is 30.0 Å². The Kier molecular flexibility index (Phi) is 6.14. The lowest BCUT2D eigenvalue weighted by atomic mass is 10.3. The monoisotopic (exact) mass is 302 g/mol. The SMILES string of the molecule is O=C(NCCOP1SCCS1)Nc1ccccc1. The quantitative estimate of drug-likeness (QED) is 0.645. The summed E-state index contributed by atoms with van der Waals surface area (Å²) < 4.78 is 5.65. The molecule has 1 aliphatic heterocycles. The van der Waals surface area contributed by atoms with E-state index in [0.29, 0.717) is 13.2 Å². The van der Waals surface area contributed by atoms with Gasteiger partial charge in [0.05, 0.1) is 6.61 Å². The van der Waals surface area contributed by atoms with Gasteiger partial charge in [-0.1, -0.05) is 41.0 Å². The van der Waals surface area contributed by atoms with Crippen LogP contribution in [0.5, 0.6) is 0 Å². The predicted octanol–water partition coefficient (Wildman–Crippen LogP) is 3.53. The van der Waals surface area contributed by atoms with E-state index in [9.17, 15) is 4.79 Å². The molecule has 0 radical (unpaired) electrons. The third-order valence-corrected chi connectivity index (χ3v) is 8.83. The Bertz CT molecular complexity index is 375. The first kappa shape index (κ1) is 14.0. The minimum absolute atomic E-state index is 0.190. The number of urea groups is 1. The van der Waals surface area contributed by atoms with Gasteiger partial charge >= 0.3 is 6.03 Å². The van der Waals surface area contributed by atoms with Crippen molar-refractivity contribution < 1.29 is 9.32 Å². The number of amides is 2. The van der Waals surface area contributed by atoms with E-state index < -0.39 is 0 Å². The molecule has 2 amide bonds. The highest BCUT2D eigenvalue weighted by atomic mass is 33.1. The average Bonchev–Trinajstić information content (AvgIpc) is 2.89. The number of hydrogen-bond donors (Lipinski definition) is 2. The summed E-state index contributed by atoms with van der Waals surface area (Å²) in [5, 5.41) is 5.53. The Morgan fingerprint density at radius 2 is 2.00 bits per heavy atom. The normalized spacial score (nSPS) is 15.6. The van der Waals surface area contributed by atoms with Crippen LogP contribution in [0, 0.1) is 0 Å². The van der Waals surface area contributed by atoms with E-state index in [0.717, 1.165) is 5.69 Å². The first-order chi connectivity index (χ1) is 8.84. The van der Waals surface area contributed by atoms with E-state index in [-0.39, 0.29) is 12.6 Å². The minimum atomic E-state index is -0.362. The number of para-hydroxylation sites is 1. The van der Waals surface area contributed by atoms with Gasteiger partial charge in [-0.25, -0.2) is 4.79 Å². The van der Waals surface area contributed by atoms with Gasteiger partial charge in [-0.05, 0) is 12.1 Å². The molecule has 98 valence electrons. The molecule has 1 saturated heterocycles. The number of carbonyl (C=O) groups is 1. The topological polar surface area (TPSA) is 50.4 Å². The fourth-order valence-corrected chi connectivity index (χ4v) is 8.04. The number of hydrogen-bond acceptors (Lipinski definition) is 4. The van der Waals surface area contributed by atoms with Gasteiger partial charge in [-0.2, -0.15) is 0 Å². The van der Waals surface area contributed by atoms with Crippen molar-refractivity contribution >= 4 is 41.0 Å². The molecule has 4 nitrogen and oxygen atoms in total. The zero-order chi connectivity index (χ0) is 12.6. The zero-order valence-electron chi connectivity index (χ0n) is 9.80. The lowest BCUT2D eigenvalue weighted by Gasteiger charge is -2.10. The summed E-state index contributed by atoms with van der Waals surface area (Å²) in [5.41, 5.74) is 0.794. The molecular weight excluding hydrogens is 287 g/mol. The number of rotatable bonds is 5. The maximum Gasteiger partial charge on any atom is 0.319 e. The van der Waals surface area contributed by atoms with E-state index in [2.05, 4.69) is 10.6 Å². The van der Waals surface area contributed by atoms with Gasteiger partial charge in [0, 0.05) is 23.7 Å². The fraction of sp³-hybridized carbons (Fsp3) is 0.364. The molecule has 0 aliphatic carbocycles. The van der Waals surface area contributed by atoms with Crippen LogP contribution in [0.4, 0.5) is 10.5 Å². The molecule has 1 aromatic rings. The van der Waals surface area contributed by atoms with Crippen molar-refractivity contribution in [3.63, 3.8) is 0 Å². The van der Waals surface area contributed by atoms with Crippen molar-refractivity contribution in [2.24, 2.45) is 0 Å². The molecule has 1 heterocycles. The molecule has 7 heteroatoms. The van der Waals surface area contributed by atoms with Gasteiger partial charge in [0.2, 0.25) is 0 Å². The number of benzene rings is 1. The van der Waals surface area contributed by atoms with Crippen LogP contribution in [0.2, 0.25) is 0 Å². The molecular formula is C11H15N2O2PS2. The molecule has 0 aromatic heterocycles. The summed E-state index contributed by atoms with van der Waals surface area (Å²) >= 11 is 3.76. The third-order valence-electron chi connectivity index (χ3n) is 2.09. The molecule has 0 bridgehead atoms. The molecule has 1 aromatic carbocycles. The highest BCUT2D eigenvalue weighted by Crippen LogP contribution is 2.66. The summed E-state index contributed by atoms with van der Waals surface area (Å²) in [5.74, 6) is 2.36. The molecule has 0 saturated carbocycles. The van der Waals surface area contributed by atoms with E-state index in [1.807, 2.05) is 53.1 Å². The number of carbonyl (C=O) groups excluding carboxylic acids is 1. The Morgan fingerprint density at radius 1 is 1.28 bits per heavy atom. The summed E-state index contributed by atoms with van der Waals surface area (Å²) in [6, 6.07) is 9.20. The molecule has 0 spiro atoms. The van der Waals surface area contributed by atoms with Gasteiger partial charge in [-0.15, -0.1) is 0 Å². The van der Waals surface area contributed by atoms with Crippen molar-refractivity contribution in [1.82, 2.24) is 5.32 Å². The first-order valence-electron chi connectivity index (χ1n) is 5.63. The Morgan fingerprint density at radius 3 is 2.72 bits per heavy atom. The molecule has 2 rings (SSSR count). The molecule has 1 aliphatic rings. The predicted molar refractivity (Wildman–Crippen MR) is 81.3 cm³/mol. The molecule has 1 fully saturated rings. The number of nitrogens with one attached hydrogen (secondary N) is 2. The summed E-state index contributed by atoms with van der Waals surface area (Å²) in [4.78, 5) is 11.5. The third kappa shape index (κ3) is 5.06. The van der Waals surface area contributed by atoms with Crippen molar-refractivity contribution in [3.05, 3.63) is 30.3 Å². The second-order valence-electron chi connectivity index (χ2n) is 3.47. The second kappa shape index (κ2) is 7.89. The first-order valence-corrected chi connectivity index (χ1v) is 10.1. The van der Waals surface area contributed by atoms with E-state index >= 15 is 0 Å². The Hall–Kier alpha value is -0.420. The molecule has 0 unspecified atom stereocenters. The standard InChI is InChI=1S/C11H15N2O2PS2/c14-11(13-10-4-2-1-3-5-10)12-6-7-15-16-17-8-9-18-16/h1-5H,6-9H2,(H2,12,13,14). The Balaban J connectivity index is 1.57. The minimum Gasteiger partial charge on any atom is -0.337 e. The van der Waals surface area contributed by atoms with E-state index in [1.165, 1.54) is 11.5 Å². The van der Waals surface area contributed by atoms with Gasteiger partial charge in [-0.3, -0.25) is 0 Å². The fourth-order valence-electron chi connectivity index (χ4n) is 1.32. The van der Waals surface area contributed by atoms with Crippen LogP contribution in [0.15, 0.2) is 30.3 Å². The summed E-state index contributed by atoms with van der Waals surface area (Å²) in [6.45, 7) is 0.755. The highest BCUT2D eigenvalue weighted by Gasteiger charge is 2.16. The van der Waals surface area contributed by atoms with Gasteiger partial charge < -0.3 is 15.2 Å². The van der Waals surface area contributed by atoms with Crippen LogP contribution in [-0.2, 0) is 4.52 Å². The summed E-state index contributed by atoms with van der Waals surface area (Å²) in [7, 11) is 0.